The molecule has 172 valence electrons. The van der Waals surface area contributed by atoms with E-state index >= 15 is 0 Å². The van der Waals surface area contributed by atoms with Gasteiger partial charge in [-0.2, -0.15) is 0 Å². The molecule has 0 radical (unpaired) electrons. The lowest BCUT2D eigenvalue weighted by atomic mass is 10.1. The van der Waals surface area contributed by atoms with Crippen LogP contribution in [0.3, 0.4) is 0 Å². The molecule has 1 amide bonds. The fourth-order valence-corrected chi connectivity index (χ4v) is 4.91. The summed E-state index contributed by atoms with van der Waals surface area (Å²) in [6.07, 6.45) is 2.51. The first-order valence-corrected chi connectivity index (χ1v) is 12.3. The maximum atomic E-state index is 13.1. The van der Waals surface area contributed by atoms with Crippen LogP contribution in [0.5, 0.6) is 0 Å². The van der Waals surface area contributed by atoms with Crippen molar-refractivity contribution in [1.29, 1.82) is 0 Å². The number of hydrogen-bond acceptors (Lipinski definition) is 4. The monoisotopic (exact) mass is 467 g/mol. The van der Waals surface area contributed by atoms with Gasteiger partial charge in [-0.05, 0) is 73.5 Å². The molecular weight excluding hydrogens is 441 g/mol. The van der Waals surface area contributed by atoms with Crippen LogP contribution in [0.25, 0.3) is 0 Å². The first-order chi connectivity index (χ1) is 15.9. The quantitative estimate of drug-likeness (QED) is 0.522. The highest BCUT2D eigenvalue weighted by Crippen LogP contribution is 2.21. The van der Waals surface area contributed by atoms with E-state index in [4.69, 9.17) is 0 Å². The summed E-state index contributed by atoms with van der Waals surface area (Å²) in [5.74, 6) is -0.925. The molecule has 2 N–H and O–H groups in total. The van der Waals surface area contributed by atoms with Crippen LogP contribution in [0.4, 0.5) is 10.1 Å². The molecule has 1 heterocycles. The molecule has 0 saturated carbocycles. The van der Waals surface area contributed by atoms with Crippen LogP contribution >= 0.6 is 0 Å². The van der Waals surface area contributed by atoms with Crippen molar-refractivity contribution < 1.29 is 17.6 Å². The second kappa shape index (κ2) is 10.1. The smallest absolute Gasteiger partial charge is 0.261 e. The molecule has 1 fully saturated rings. The molecule has 4 rings (SSSR count). The Balaban J connectivity index is 1.40. The maximum absolute atomic E-state index is 13.1. The molecule has 0 unspecified atom stereocenters. The Morgan fingerprint density at radius 3 is 2.21 bits per heavy atom. The minimum atomic E-state index is -3.97. The zero-order valence-corrected chi connectivity index (χ0v) is 18.9. The van der Waals surface area contributed by atoms with Crippen molar-refractivity contribution in [1.82, 2.24) is 10.2 Å². The zero-order chi connectivity index (χ0) is 23.3. The van der Waals surface area contributed by atoms with Gasteiger partial charge < -0.3 is 5.32 Å². The number of sulfonamides is 1. The van der Waals surface area contributed by atoms with Gasteiger partial charge in [-0.15, -0.1) is 0 Å². The van der Waals surface area contributed by atoms with Crippen molar-refractivity contribution >= 4 is 21.6 Å². The number of benzene rings is 3. The molecule has 0 atom stereocenters. The molecule has 0 aromatic heterocycles. The first kappa shape index (κ1) is 22.9. The van der Waals surface area contributed by atoms with Crippen molar-refractivity contribution in [2.75, 3.05) is 17.8 Å². The summed E-state index contributed by atoms with van der Waals surface area (Å²) >= 11 is 0. The Morgan fingerprint density at radius 2 is 1.52 bits per heavy atom. The number of hydrogen-bond donors (Lipinski definition) is 2. The molecule has 0 aliphatic carbocycles. The number of likely N-dealkylation sites (tertiary alicyclic amines) is 1. The van der Waals surface area contributed by atoms with E-state index in [1.54, 1.807) is 18.2 Å². The van der Waals surface area contributed by atoms with Gasteiger partial charge >= 0.3 is 0 Å². The van der Waals surface area contributed by atoms with E-state index in [1.165, 1.54) is 36.6 Å². The second-order valence-corrected chi connectivity index (χ2v) is 9.77. The Kier molecular flexibility index (Phi) is 7.05. The van der Waals surface area contributed by atoms with E-state index < -0.39 is 21.7 Å². The van der Waals surface area contributed by atoms with Crippen molar-refractivity contribution in [2.45, 2.75) is 30.8 Å². The molecule has 8 heteroatoms. The molecule has 1 aliphatic rings. The normalized spacial score (nSPS) is 14.2. The van der Waals surface area contributed by atoms with Crippen LogP contribution < -0.4 is 10.0 Å². The highest BCUT2D eigenvalue weighted by molar-refractivity contribution is 7.92. The molecule has 1 saturated heterocycles. The maximum Gasteiger partial charge on any atom is 0.261 e. The highest BCUT2D eigenvalue weighted by atomic mass is 32.2. The number of carbonyl (C=O) groups excluding carboxylic acids is 1. The summed E-state index contributed by atoms with van der Waals surface area (Å²) in [6, 6.07) is 19.0. The molecule has 0 bridgehead atoms. The molecule has 1 aliphatic heterocycles. The van der Waals surface area contributed by atoms with Gasteiger partial charge in [0.1, 0.15) is 5.82 Å². The van der Waals surface area contributed by atoms with Gasteiger partial charge in [-0.1, -0.05) is 36.4 Å². The Hall–Kier alpha value is -3.23. The van der Waals surface area contributed by atoms with Crippen LogP contribution in [0.15, 0.2) is 77.7 Å². The predicted molar refractivity (Wildman–Crippen MR) is 126 cm³/mol. The van der Waals surface area contributed by atoms with E-state index in [1.807, 2.05) is 12.1 Å². The molecule has 3 aromatic carbocycles. The minimum Gasteiger partial charge on any atom is -0.348 e. The number of nitrogens with zero attached hydrogens (tertiary/aromatic N) is 1. The van der Waals surface area contributed by atoms with Gasteiger partial charge in [0.25, 0.3) is 15.9 Å². The van der Waals surface area contributed by atoms with Crippen LogP contribution in [0, 0.1) is 5.82 Å². The topological polar surface area (TPSA) is 78.5 Å². The summed E-state index contributed by atoms with van der Waals surface area (Å²) in [7, 11) is -3.97. The van der Waals surface area contributed by atoms with Gasteiger partial charge in [0.05, 0.1) is 16.1 Å². The van der Waals surface area contributed by atoms with Gasteiger partial charge in [0.15, 0.2) is 0 Å². The van der Waals surface area contributed by atoms with Crippen molar-refractivity contribution in [3.05, 3.63) is 95.3 Å². The van der Waals surface area contributed by atoms with Crippen molar-refractivity contribution in [2.24, 2.45) is 0 Å². The zero-order valence-electron chi connectivity index (χ0n) is 18.1. The third kappa shape index (κ3) is 5.97. The van der Waals surface area contributed by atoms with E-state index in [2.05, 4.69) is 27.1 Å². The number of halogens is 1. The predicted octanol–water partition coefficient (Wildman–Crippen LogP) is 4.15. The third-order valence-electron chi connectivity index (χ3n) is 5.62. The number of nitrogens with one attached hydrogen (secondary N) is 2. The second-order valence-electron chi connectivity index (χ2n) is 8.09. The largest absolute Gasteiger partial charge is 0.348 e. The average molecular weight is 468 g/mol. The lowest BCUT2D eigenvalue weighted by Crippen LogP contribution is -2.25. The molecule has 0 spiro atoms. The van der Waals surface area contributed by atoms with Gasteiger partial charge in [-0.3, -0.25) is 14.4 Å². The third-order valence-corrected chi connectivity index (χ3v) is 7.00. The van der Waals surface area contributed by atoms with E-state index in [0.29, 0.717) is 6.54 Å². The van der Waals surface area contributed by atoms with Gasteiger partial charge in [0.2, 0.25) is 0 Å². The number of anilines is 1. The van der Waals surface area contributed by atoms with Gasteiger partial charge in [-0.25, -0.2) is 12.8 Å². The van der Waals surface area contributed by atoms with Crippen molar-refractivity contribution in [3.8, 4) is 0 Å². The van der Waals surface area contributed by atoms with Crippen LogP contribution in [-0.2, 0) is 23.1 Å². The van der Waals surface area contributed by atoms with Crippen molar-refractivity contribution in [3.63, 3.8) is 0 Å². The first-order valence-electron chi connectivity index (χ1n) is 10.9. The van der Waals surface area contributed by atoms with E-state index in [9.17, 15) is 17.6 Å². The fraction of sp³-hybridized carbons (Fsp3) is 0.240. The Bertz CT molecular complexity index is 1210. The van der Waals surface area contributed by atoms with Crippen LogP contribution in [0.1, 0.15) is 34.3 Å². The summed E-state index contributed by atoms with van der Waals surface area (Å²) in [6.45, 7) is 3.54. The standard InChI is InChI=1S/C25H26FN3O3S/c26-21-11-13-22(14-12-21)33(31,32)28-24-6-2-1-5-23(24)25(30)27-17-19-7-9-20(10-8-19)18-29-15-3-4-16-29/h1-2,5-14,28H,3-4,15-18H2,(H,27,30). The molecular formula is C25H26FN3O3S. The van der Waals surface area contributed by atoms with Crippen LogP contribution in [-0.4, -0.2) is 32.3 Å². The number of amides is 1. The molecule has 3 aromatic rings. The summed E-state index contributed by atoms with van der Waals surface area (Å²) in [5.41, 5.74) is 2.56. The van der Waals surface area contributed by atoms with E-state index in [0.717, 1.165) is 37.3 Å². The summed E-state index contributed by atoms with van der Waals surface area (Å²) in [4.78, 5) is 15.1. The Morgan fingerprint density at radius 1 is 0.879 bits per heavy atom. The van der Waals surface area contributed by atoms with Gasteiger partial charge in [0, 0.05) is 13.1 Å². The number of para-hydroxylation sites is 1. The number of carbonyl (C=O) groups is 1. The average Bonchev–Trinajstić information content (AvgIpc) is 3.32. The number of rotatable bonds is 8. The minimum absolute atomic E-state index is 0.0897. The van der Waals surface area contributed by atoms with Crippen LogP contribution in [0.2, 0.25) is 0 Å². The summed E-state index contributed by atoms with van der Waals surface area (Å²) < 4.78 is 40.9. The lowest BCUT2D eigenvalue weighted by Gasteiger charge is -2.15. The molecule has 33 heavy (non-hydrogen) atoms. The summed E-state index contributed by atoms with van der Waals surface area (Å²) in [5, 5.41) is 2.85. The Labute approximate surface area is 193 Å². The highest BCUT2D eigenvalue weighted by Gasteiger charge is 2.19. The van der Waals surface area contributed by atoms with E-state index in [-0.39, 0.29) is 16.1 Å². The fourth-order valence-electron chi connectivity index (χ4n) is 3.83. The molecule has 6 nitrogen and oxygen atoms in total. The lowest BCUT2D eigenvalue weighted by molar-refractivity contribution is 0.0952. The SMILES string of the molecule is O=C(NCc1ccc(CN2CCCC2)cc1)c1ccccc1NS(=O)(=O)c1ccc(F)cc1.